The van der Waals surface area contributed by atoms with E-state index < -0.39 is 10.0 Å². The third-order valence-corrected chi connectivity index (χ3v) is 6.03. The van der Waals surface area contributed by atoms with E-state index in [0.717, 1.165) is 29.8 Å². The second-order valence-electron chi connectivity index (χ2n) is 5.09. The summed E-state index contributed by atoms with van der Waals surface area (Å²) in [5.74, 6) is 1.21. The van der Waals surface area contributed by atoms with Gasteiger partial charge in [-0.15, -0.1) is 0 Å². The van der Waals surface area contributed by atoms with Gasteiger partial charge in [0.05, 0.1) is 5.75 Å². The highest BCUT2D eigenvalue weighted by molar-refractivity contribution is 8.00. The van der Waals surface area contributed by atoms with Gasteiger partial charge in [0.25, 0.3) is 0 Å². The second-order valence-corrected chi connectivity index (χ2v) is 8.30. The Morgan fingerprint density at radius 2 is 1.95 bits per heavy atom. The van der Waals surface area contributed by atoms with Gasteiger partial charge < -0.3 is 5.32 Å². The van der Waals surface area contributed by atoms with E-state index in [1.807, 2.05) is 43.1 Å². The lowest BCUT2D eigenvalue weighted by atomic mass is 10.1. The van der Waals surface area contributed by atoms with Crippen molar-refractivity contribution in [3.8, 4) is 0 Å². The minimum absolute atomic E-state index is 0.0597. The molecule has 20 heavy (non-hydrogen) atoms. The van der Waals surface area contributed by atoms with Crippen molar-refractivity contribution in [2.45, 2.75) is 30.4 Å². The topological polar surface area (TPSA) is 58.2 Å². The van der Waals surface area contributed by atoms with E-state index in [2.05, 4.69) is 10.0 Å². The van der Waals surface area contributed by atoms with Gasteiger partial charge in [-0.3, -0.25) is 0 Å². The van der Waals surface area contributed by atoms with Crippen molar-refractivity contribution in [2.75, 3.05) is 19.3 Å². The van der Waals surface area contributed by atoms with Crippen LogP contribution in [-0.2, 0) is 22.3 Å². The molecular formula is C14H22N2O2S2. The van der Waals surface area contributed by atoms with Gasteiger partial charge in [-0.05, 0) is 36.8 Å². The first-order chi connectivity index (χ1) is 9.59. The molecule has 1 fully saturated rings. The number of sulfonamides is 1. The van der Waals surface area contributed by atoms with Crippen LogP contribution >= 0.6 is 11.8 Å². The normalized spacial score (nSPS) is 19.4. The largest absolute Gasteiger partial charge is 0.316 e. The van der Waals surface area contributed by atoms with Gasteiger partial charge in [0.1, 0.15) is 0 Å². The van der Waals surface area contributed by atoms with Crippen LogP contribution in [0.2, 0.25) is 0 Å². The summed E-state index contributed by atoms with van der Waals surface area (Å²) in [5, 5.41) is 3.52. The maximum Gasteiger partial charge on any atom is 0.215 e. The summed E-state index contributed by atoms with van der Waals surface area (Å²) in [6, 6.07) is 7.70. The summed E-state index contributed by atoms with van der Waals surface area (Å²) in [4.78, 5) is 0. The Hall–Kier alpha value is -0.560. The standard InChI is InChI=1S/C14H22N2O2S2/c1-15-9-12-4-6-13(7-5-12)11-20(17,18)16-10-14-3-2-8-19-14/h4-7,14-16H,2-3,8-11H2,1H3. The molecule has 0 aliphatic carbocycles. The quantitative estimate of drug-likeness (QED) is 0.804. The van der Waals surface area contributed by atoms with Gasteiger partial charge in [0.2, 0.25) is 10.0 Å². The molecule has 6 heteroatoms. The van der Waals surface area contributed by atoms with Crippen molar-refractivity contribution in [1.29, 1.82) is 0 Å². The molecule has 1 aliphatic heterocycles. The lowest BCUT2D eigenvalue weighted by Gasteiger charge is -2.11. The minimum Gasteiger partial charge on any atom is -0.316 e. The predicted octanol–water partition coefficient (Wildman–Crippen LogP) is 1.72. The Bertz CT molecular complexity index is 508. The van der Waals surface area contributed by atoms with Crippen LogP contribution in [0.5, 0.6) is 0 Å². The van der Waals surface area contributed by atoms with E-state index in [0.29, 0.717) is 11.8 Å². The Kier molecular flexibility index (Phi) is 5.89. The van der Waals surface area contributed by atoms with Crippen LogP contribution in [0.4, 0.5) is 0 Å². The highest BCUT2D eigenvalue weighted by atomic mass is 32.2. The first-order valence-corrected chi connectivity index (χ1v) is 9.60. The number of hydrogen-bond acceptors (Lipinski definition) is 4. The molecule has 1 saturated heterocycles. The summed E-state index contributed by atoms with van der Waals surface area (Å²) < 4.78 is 26.8. The molecule has 1 heterocycles. The number of benzene rings is 1. The molecule has 1 aromatic carbocycles. The molecule has 0 saturated carbocycles. The lowest BCUT2D eigenvalue weighted by molar-refractivity contribution is 0.578. The van der Waals surface area contributed by atoms with Crippen molar-refractivity contribution in [3.63, 3.8) is 0 Å². The lowest BCUT2D eigenvalue weighted by Crippen LogP contribution is -2.30. The Morgan fingerprint density at radius 1 is 1.25 bits per heavy atom. The third kappa shape index (κ3) is 5.09. The van der Waals surface area contributed by atoms with E-state index in [1.54, 1.807) is 0 Å². The van der Waals surface area contributed by atoms with Gasteiger partial charge >= 0.3 is 0 Å². The summed E-state index contributed by atoms with van der Waals surface area (Å²) in [6.07, 6.45) is 2.32. The van der Waals surface area contributed by atoms with E-state index in [1.165, 1.54) is 6.42 Å². The molecule has 0 bridgehead atoms. The van der Waals surface area contributed by atoms with Gasteiger partial charge in [0.15, 0.2) is 0 Å². The second kappa shape index (κ2) is 7.45. The average molecular weight is 314 g/mol. The Morgan fingerprint density at radius 3 is 2.55 bits per heavy atom. The van der Waals surface area contributed by atoms with Gasteiger partial charge in [-0.25, -0.2) is 13.1 Å². The third-order valence-electron chi connectivity index (χ3n) is 3.32. The molecule has 1 atom stereocenters. The van der Waals surface area contributed by atoms with E-state index in [-0.39, 0.29) is 5.75 Å². The molecular weight excluding hydrogens is 292 g/mol. The summed E-state index contributed by atoms with van der Waals surface area (Å²) >= 11 is 1.86. The van der Waals surface area contributed by atoms with Crippen molar-refractivity contribution in [3.05, 3.63) is 35.4 Å². The Balaban J connectivity index is 1.86. The summed E-state index contributed by atoms with van der Waals surface area (Å²) in [5.41, 5.74) is 1.99. The SMILES string of the molecule is CNCc1ccc(CS(=O)(=O)NCC2CCCS2)cc1. The van der Waals surface area contributed by atoms with Crippen molar-refractivity contribution in [1.82, 2.24) is 10.0 Å². The van der Waals surface area contributed by atoms with Crippen molar-refractivity contribution < 1.29 is 8.42 Å². The van der Waals surface area contributed by atoms with E-state index in [9.17, 15) is 8.42 Å². The van der Waals surface area contributed by atoms with Crippen molar-refractivity contribution in [2.24, 2.45) is 0 Å². The van der Waals surface area contributed by atoms with E-state index >= 15 is 0 Å². The molecule has 112 valence electrons. The number of rotatable bonds is 7. The molecule has 2 N–H and O–H groups in total. The van der Waals surface area contributed by atoms with Crippen LogP contribution in [0.3, 0.4) is 0 Å². The molecule has 0 amide bonds. The maximum atomic E-state index is 12.0. The molecule has 0 aromatic heterocycles. The maximum absolute atomic E-state index is 12.0. The number of thioether (sulfide) groups is 1. The highest BCUT2D eigenvalue weighted by Gasteiger charge is 2.19. The average Bonchev–Trinajstić information content (AvgIpc) is 2.92. The van der Waals surface area contributed by atoms with Crippen LogP contribution in [0.15, 0.2) is 24.3 Å². The molecule has 2 rings (SSSR count). The fraction of sp³-hybridized carbons (Fsp3) is 0.571. The van der Waals surface area contributed by atoms with Crippen LogP contribution in [0, 0.1) is 0 Å². The molecule has 1 unspecified atom stereocenters. The zero-order valence-electron chi connectivity index (χ0n) is 11.8. The van der Waals surface area contributed by atoms with E-state index in [4.69, 9.17) is 0 Å². The minimum atomic E-state index is -3.23. The van der Waals surface area contributed by atoms with Crippen LogP contribution < -0.4 is 10.0 Å². The summed E-state index contributed by atoms with van der Waals surface area (Å²) in [7, 11) is -1.33. The zero-order chi connectivity index (χ0) is 14.4. The smallest absolute Gasteiger partial charge is 0.215 e. The summed E-state index contributed by atoms with van der Waals surface area (Å²) in [6.45, 7) is 1.36. The van der Waals surface area contributed by atoms with Crippen LogP contribution in [0.25, 0.3) is 0 Å². The first kappa shape index (κ1) is 15.8. The monoisotopic (exact) mass is 314 g/mol. The first-order valence-electron chi connectivity index (χ1n) is 6.90. The Labute approximate surface area is 125 Å². The highest BCUT2D eigenvalue weighted by Crippen LogP contribution is 2.25. The molecule has 0 spiro atoms. The predicted molar refractivity (Wildman–Crippen MR) is 85.3 cm³/mol. The van der Waals surface area contributed by atoms with Gasteiger partial charge in [0, 0.05) is 18.3 Å². The van der Waals surface area contributed by atoms with Gasteiger partial charge in [-0.2, -0.15) is 11.8 Å². The number of nitrogens with one attached hydrogen (secondary N) is 2. The molecule has 1 aromatic rings. The molecule has 4 nitrogen and oxygen atoms in total. The molecule has 1 aliphatic rings. The van der Waals surface area contributed by atoms with Gasteiger partial charge in [-0.1, -0.05) is 24.3 Å². The fourth-order valence-corrected chi connectivity index (χ4v) is 4.75. The zero-order valence-corrected chi connectivity index (χ0v) is 13.4. The fourth-order valence-electron chi connectivity index (χ4n) is 2.25. The number of hydrogen-bond donors (Lipinski definition) is 2. The van der Waals surface area contributed by atoms with Crippen molar-refractivity contribution >= 4 is 21.8 Å². The van der Waals surface area contributed by atoms with Crippen LogP contribution in [0.1, 0.15) is 24.0 Å². The molecule has 0 radical (unpaired) electrons. The van der Waals surface area contributed by atoms with Crippen LogP contribution in [-0.4, -0.2) is 33.0 Å².